The molecule has 35 heavy (non-hydrogen) atoms. The Balaban J connectivity index is 1.23. The predicted octanol–water partition coefficient (Wildman–Crippen LogP) is 3.99. The summed E-state index contributed by atoms with van der Waals surface area (Å²) in [5.74, 6) is 1.22. The summed E-state index contributed by atoms with van der Waals surface area (Å²) >= 11 is 0. The van der Waals surface area contributed by atoms with Gasteiger partial charge in [0.2, 0.25) is 15.9 Å². The monoisotopic (exact) mass is 497 g/mol. The van der Waals surface area contributed by atoms with Crippen LogP contribution in [0, 0.1) is 5.92 Å². The van der Waals surface area contributed by atoms with Gasteiger partial charge in [0.1, 0.15) is 0 Å². The van der Waals surface area contributed by atoms with E-state index in [2.05, 4.69) is 43.0 Å². The van der Waals surface area contributed by atoms with Gasteiger partial charge < -0.3 is 4.90 Å². The molecule has 190 valence electrons. The van der Waals surface area contributed by atoms with E-state index in [-0.39, 0.29) is 5.91 Å². The third-order valence-corrected chi connectivity index (χ3v) is 9.64. The van der Waals surface area contributed by atoms with Crippen molar-refractivity contribution in [3.05, 3.63) is 65.7 Å². The Morgan fingerprint density at radius 1 is 0.914 bits per heavy atom. The molecule has 0 N–H and O–H groups in total. The second-order valence-corrected chi connectivity index (χ2v) is 12.0. The molecule has 2 aromatic rings. The van der Waals surface area contributed by atoms with Crippen LogP contribution < -0.4 is 0 Å². The van der Waals surface area contributed by atoms with Crippen LogP contribution in [0.4, 0.5) is 0 Å². The van der Waals surface area contributed by atoms with Crippen LogP contribution in [-0.4, -0.2) is 74.2 Å². The number of hydrogen-bond acceptors (Lipinski definition) is 4. The first-order valence-corrected chi connectivity index (χ1v) is 14.4. The minimum absolute atomic E-state index is 0.167. The van der Waals surface area contributed by atoms with Gasteiger partial charge in [0.25, 0.3) is 0 Å². The minimum atomic E-state index is -3.50. The Kier molecular flexibility index (Phi) is 8.63. The molecule has 2 aromatic carbocycles. The third-order valence-electron chi connectivity index (χ3n) is 7.72. The van der Waals surface area contributed by atoms with Crippen LogP contribution in [0.3, 0.4) is 0 Å². The molecule has 0 aliphatic carbocycles. The maximum Gasteiger partial charge on any atom is 0.243 e. The standard InChI is InChI=1S/C28H39N3O3S/c1-3-23(2)26-9-11-27(12-10-26)35(33,34)31-19-17-29(18-20-31)22-28(32)30-15-13-25(14-16-30)21-24-7-5-4-6-8-24/h4-12,23,25H,3,13-22H2,1-2H3/t23-/m0/s1. The average Bonchev–Trinajstić information content (AvgIpc) is 2.89. The Hall–Kier alpha value is -2.22. The zero-order valence-corrected chi connectivity index (χ0v) is 21.9. The Bertz CT molecular complexity index is 1060. The molecule has 0 radical (unpaired) electrons. The zero-order valence-electron chi connectivity index (χ0n) is 21.1. The van der Waals surface area contributed by atoms with E-state index in [9.17, 15) is 13.2 Å². The number of benzene rings is 2. The predicted molar refractivity (Wildman–Crippen MR) is 140 cm³/mol. The highest BCUT2D eigenvalue weighted by atomic mass is 32.2. The Labute approximate surface area is 211 Å². The Morgan fingerprint density at radius 3 is 2.14 bits per heavy atom. The van der Waals surface area contributed by atoms with Crippen molar-refractivity contribution in [1.82, 2.24) is 14.1 Å². The third kappa shape index (κ3) is 6.51. The topological polar surface area (TPSA) is 60.9 Å². The second-order valence-electron chi connectivity index (χ2n) is 10.1. The SMILES string of the molecule is CC[C@H](C)c1ccc(S(=O)(=O)N2CCN(CC(=O)N3CCC(Cc4ccccc4)CC3)CC2)cc1. The molecule has 7 heteroatoms. The van der Waals surface area contributed by atoms with Gasteiger partial charge in [0.15, 0.2) is 0 Å². The lowest BCUT2D eigenvalue weighted by atomic mass is 9.90. The number of likely N-dealkylation sites (tertiary alicyclic amines) is 1. The van der Waals surface area contributed by atoms with Crippen molar-refractivity contribution in [2.24, 2.45) is 5.92 Å². The van der Waals surface area contributed by atoms with Crippen LogP contribution in [0.15, 0.2) is 59.5 Å². The first kappa shape index (κ1) is 25.9. The normalized spacial score (nSPS) is 19.5. The highest BCUT2D eigenvalue weighted by Crippen LogP contribution is 2.24. The van der Waals surface area contributed by atoms with E-state index in [0.717, 1.165) is 38.8 Å². The number of piperazine rings is 1. The molecule has 6 nitrogen and oxygen atoms in total. The molecule has 2 aliphatic rings. The van der Waals surface area contributed by atoms with Crippen LogP contribution in [0.25, 0.3) is 0 Å². The van der Waals surface area contributed by atoms with Crippen LogP contribution in [-0.2, 0) is 21.2 Å². The molecular weight excluding hydrogens is 458 g/mol. The molecule has 2 aliphatic heterocycles. The number of hydrogen-bond donors (Lipinski definition) is 0. The summed E-state index contributed by atoms with van der Waals surface area (Å²) in [7, 11) is -3.50. The summed E-state index contributed by atoms with van der Waals surface area (Å²) in [4.78, 5) is 17.3. The van der Waals surface area contributed by atoms with Gasteiger partial charge in [0.05, 0.1) is 11.4 Å². The van der Waals surface area contributed by atoms with Gasteiger partial charge in [-0.15, -0.1) is 0 Å². The lowest BCUT2D eigenvalue weighted by Gasteiger charge is -2.36. The number of carbonyl (C=O) groups excluding carboxylic acids is 1. The van der Waals surface area contributed by atoms with Crippen LogP contribution in [0.2, 0.25) is 0 Å². The van der Waals surface area contributed by atoms with Crippen molar-refractivity contribution in [2.75, 3.05) is 45.8 Å². The summed E-state index contributed by atoms with van der Waals surface area (Å²) in [5, 5.41) is 0. The number of rotatable bonds is 8. The average molecular weight is 498 g/mol. The van der Waals surface area contributed by atoms with Gasteiger partial charge in [-0.25, -0.2) is 8.42 Å². The van der Waals surface area contributed by atoms with Crippen molar-refractivity contribution in [3.63, 3.8) is 0 Å². The summed E-state index contributed by atoms with van der Waals surface area (Å²) < 4.78 is 27.8. The highest BCUT2D eigenvalue weighted by molar-refractivity contribution is 7.89. The molecule has 2 saturated heterocycles. The van der Waals surface area contributed by atoms with E-state index in [1.165, 1.54) is 11.1 Å². The van der Waals surface area contributed by atoms with Crippen LogP contribution in [0.5, 0.6) is 0 Å². The van der Waals surface area contributed by atoms with Gasteiger partial charge in [0, 0.05) is 39.3 Å². The Morgan fingerprint density at radius 2 is 1.54 bits per heavy atom. The van der Waals surface area contributed by atoms with Gasteiger partial charge in [-0.3, -0.25) is 9.69 Å². The fourth-order valence-electron chi connectivity index (χ4n) is 5.11. The first-order chi connectivity index (χ1) is 16.9. The maximum atomic E-state index is 13.1. The molecule has 1 atom stereocenters. The number of nitrogens with zero attached hydrogens (tertiary/aromatic N) is 3. The molecule has 0 saturated carbocycles. The molecule has 2 heterocycles. The number of amides is 1. The minimum Gasteiger partial charge on any atom is -0.342 e. The van der Waals surface area contributed by atoms with E-state index in [4.69, 9.17) is 0 Å². The van der Waals surface area contributed by atoms with Gasteiger partial charge in [-0.1, -0.05) is 56.3 Å². The molecule has 4 rings (SSSR count). The fourth-order valence-corrected chi connectivity index (χ4v) is 6.53. The van der Waals surface area contributed by atoms with Crippen LogP contribution in [0.1, 0.15) is 50.2 Å². The van der Waals surface area contributed by atoms with Gasteiger partial charge in [-0.05, 0) is 60.8 Å². The fraction of sp³-hybridized carbons (Fsp3) is 0.536. The van der Waals surface area contributed by atoms with Crippen LogP contribution >= 0.6 is 0 Å². The zero-order chi connectivity index (χ0) is 24.8. The number of sulfonamides is 1. The van der Waals surface area contributed by atoms with Crippen molar-refractivity contribution in [1.29, 1.82) is 0 Å². The molecule has 1 amide bonds. The molecule has 2 fully saturated rings. The van der Waals surface area contributed by atoms with E-state index < -0.39 is 10.0 Å². The molecule has 0 aromatic heterocycles. The van der Waals surface area contributed by atoms with Crippen molar-refractivity contribution >= 4 is 15.9 Å². The van der Waals surface area contributed by atoms with Gasteiger partial charge in [-0.2, -0.15) is 4.31 Å². The largest absolute Gasteiger partial charge is 0.342 e. The van der Waals surface area contributed by atoms with E-state index >= 15 is 0 Å². The summed E-state index contributed by atoms with van der Waals surface area (Å²) in [6.07, 6.45) is 4.20. The summed E-state index contributed by atoms with van der Waals surface area (Å²) in [6.45, 7) is 8.30. The molecule has 0 bridgehead atoms. The van der Waals surface area contributed by atoms with Crippen molar-refractivity contribution < 1.29 is 13.2 Å². The molecule has 0 spiro atoms. The van der Waals surface area contributed by atoms with Crippen molar-refractivity contribution in [2.45, 2.75) is 50.3 Å². The number of piperidine rings is 1. The number of carbonyl (C=O) groups is 1. The molecule has 0 unspecified atom stereocenters. The lowest BCUT2D eigenvalue weighted by Crippen LogP contribution is -2.52. The van der Waals surface area contributed by atoms with Gasteiger partial charge >= 0.3 is 0 Å². The molecular formula is C28H39N3O3S. The maximum absolute atomic E-state index is 13.1. The second kappa shape index (κ2) is 11.7. The highest BCUT2D eigenvalue weighted by Gasteiger charge is 2.30. The van der Waals surface area contributed by atoms with Crippen molar-refractivity contribution in [3.8, 4) is 0 Å². The quantitative estimate of drug-likeness (QED) is 0.553. The van der Waals surface area contributed by atoms with E-state index in [1.54, 1.807) is 16.4 Å². The summed E-state index contributed by atoms with van der Waals surface area (Å²) in [6, 6.07) is 17.9. The lowest BCUT2D eigenvalue weighted by molar-refractivity contribution is -0.134. The first-order valence-electron chi connectivity index (χ1n) is 13.0. The van der Waals surface area contributed by atoms with E-state index in [1.807, 2.05) is 23.1 Å². The van der Waals surface area contributed by atoms with E-state index in [0.29, 0.717) is 49.5 Å². The smallest absolute Gasteiger partial charge is 0.243 e. The summed E-state index contributed by atoms with van der Waals surface area (Å²) in [5.41, 5.74) is 2.54.